The van der Waals surface area contributed by atoms with Gasteiger partial charge in [-0.2, -0.15) is 0 Å². The maximum Gasteiger partial charge on any atom is 0.242 e. The molecule has 2 amide bonds. The number of allylic oxidation sites excluding steroid dienone is 2. The Morgan fingerprint density at radius 3 is 1.42 bits per heavy atom. The maximum absolute atomic E-state index is 12.9. The van der Waals surface area contributed by atoms with Crippen LogP contribution in [0.25, 0.3) is 0 Å². The minimum absolute atomic E-state index is 0.0111. The fraction of sp³-hybridized carbons (Fsp3) is 0.900. The Labute approximate surface area is 281 Å². The van der Waals surface area contributed by atoms with E-state index in [-0.39, 0.29) is 11.8 Å². The summed E-state index contributed by atoms with van der Waals surface area (Å²) in [5, 5.41) is 6.12. The molecule has 0 bridgehead atoms. The first-order chi connectivity index (χ1) is 22.2. The van der Waals surface area contributed by atoms with Crippen molar-refractivity contribution in [2.45, 2.75) is 219 Å². The summed E-state index contributed by atoms with van der Waals surface area (Å²) < 4.78 is 0. The number of carbonyl (C=O) groups excluding carboxylic acids is 2. The number of amides is 2. The molecule has 4 N–H and O–H groups in total. The molecule has 0 saturated heterocycles. The summed E-state index contributed by atoms with van der Waals surface area (Å²) in [7, 11) is 0. The van der Waals surface area contributed by atoms with Gasteiger partial charge in [0, 0.05) is 13.0 Å². The Morgan fingerprint density at radius 2 is 0.956 bits per heavy atom. The van der Waals surface area contributed by atoms with E-state index in [2.05, 4.69) is 36.6 Å². The minimum Gasteiger partial charge on any atom is -0.354 e. The smallest absolute Gasteiger partial charge is 0.242 e. The van der Waals surface area contributed by atoms with E-state index in [4.69, 9.17) is 5.73 Å². The minimum atomic E-state index is -0.432. The first kappa shape index (κ1) is 43.6. The summed E-state index contributed by atoms with van der Waals surface area (Å²) in [5.74, 6) is -0.0170. The molecule has 1 atom stereocenters. The highest BCUT2D eigenvalue weighted by Gasteiger charge is 2.19. The molecule has 0 radical (unpaired) electrons. The molecule has 5 heteroatoms. The van der Waals surface area contributed by atoms with Crippen molar-refractivity contribution >= 4 is 11.8 Å². The summed E-state index contributed by atoms with van der Waals surface area (Å²) in [6.07, 6.45) is 42.5. The number of hydrogen-bond acceptors (Lipinski definition) is 3. The van der Waals surface area contributed by atoms with E-state index in [1.807, 2.05) is 0 Å². The SMILES string of the molecule is CCCCCCCCC=CCCCCCCCC(=O)NC(CCCCN)C(=O)NCCCCCCCCCCCCCCCC. The molecule has 5 nitrogen and oxygen atoms in total. The Morgan fingerprint density at radius 1 is 0.533 bits per heavy atom. The molecular formula is C40H79N3O2. The number of unbranched alkanes of at least 4 members (excludes halogenated alkanes) is 25. The Kier molecular flexibility index (Phi) is 36.0. The molecule has 0 fully saturated rings. The van der Waals surface area contributed by atoms with E-state index in [0.29, 0.717) is 25.9 Å². The van der Waals surface area contributed by atoms with Gasteiger partial charge in [-0.1, -0.05) is 161 Å². The van der Waals surface area contributed by atoms with Crippen molar-refractivity contribution in [2.75, 3.05) is 13.1 Å². The molecule has 0 aromatic heterocycles. The lowest BCUT2D eigenvalue weighted by molar-refractivity contribution is -0.129. The van der Waals surface area contributed by atoms with Crippen molar-refractivity contribution in [2.24, 2.45) is 5.73 Å². The fourth-order valence-corrected chi connectivity index (χ4v) is 6.04. The van der Waals surface area contributed by atoms with Crippen LogP contribution in [-0.4, -0.2) is 30.9 Å². The van der Waals surface area contributed by atoms with Gasteiger partial charge in [0.2, 0.25) is 11.8 Å². The second-order valence-corrected chi connectivity index (χ2v) is 13.6. The third-order valence-corrected chi connectivity index (χ3v) is 9.09. The van der Waals surface area contributed by atoms with Crippen LogP contribution in [0.2, 0.25) is 0 Å². The average Bonchev–Trinajstić information content (AvgIpc) is 3.04. The van der Waals surface area contributed by atoms with Crippen LogP contribution >= 0.6 is 0 Å². The third kappa shape index (κ3) is 33.8. The topological polar surface area (TPSA) is 84.2 Å². The molecule has 45 heavy (non-hydrogen) atoms. The summed E-state index contributed by atoms with van der Waals surface area (Å²) in [5.41, 5.74) is 5.67. The van der Waals surface area contributed by atoms with Crippen LogP contribution in [-0.2, 0) is 9.59 Å². The second kappa shape index (κ2) is 37.1. The zero-order valence-electron chi connectivity index (χ0n) is 30.5. The third-order valence-electron chi connectivity index (χ3n) is 9.09. The lowest BCUT2D eigenvalue weighted by atomic mass is 10.0. The number of rotatable bonds is 36. The lowest BCUT2D eigenvalue weighted by Gasteiger charge is -2.18. The summed E-state index contributed by atoms with van der Waals surface area (Å²) in [6.45, 7) is 5.87. The molecule has 266 valence electrons. The van der Waals surface area contributed by atoms with Gasteiger partial charge in [0.05, 0.1) is 0 Å². The number of hydrogen-bond donors (Lipinski definition) is 3. The van der Waals surface area contributed by atoms with Gasteiger partial charge < -0.3 is 16.4 Å². The molecule has 0 aliphatic heterocycles. The zero-order valence-corrected chi connectivity index (χ0v) is 30.5. The molecule has 0 rings (SSSR count). The predicted molar refractivity (Wildman–Crippen MR) is 198 cm³/mol. The maximum atomic E-state index is 12.9. The quantitative estimate of drug-likeness (QED) is 0.0474. The van der Waals surface area contributed by atoms with Crippen molar-refractivity contribution in [1.29, 1.82) is 0 Å². The van der Waals surface area contributed by atoms with E-state index in [1.54, 1.807) is 0 Å². The van der Waals surface area contributed by atoms with Crippen LogP contribution < -0.4 is 16.4 Å². The first-order valence-corrected chi connectivity index (χ1v) is 20.1. The van der Waals surface area contributed by atoms with Crippen molar-refractivity contribution in [3.05, 3.63) is 12.2 Å². The molecule has 1 unspecified atom stereocenters. The number of nitrogens with two attached hydrogens (primary N) is 1. The van der Waals surface area contributed by atoms with E-state index in [0.717, 1.165) is 38.5 Å². The molecule has 0 spiro atoms. The second-order valence-electron chi connectivity index (χ2n) is 13.6. The van der Waals surface area contributed by atoms with E-state index >= 15 is 0 Å². The van der Waals surface area contributed by atoms with Gasteiger partial charge in [-0.25, -0.2) is 0 Å². The van der Waals surface area contributed by atoms with Gasteiger partial charge in [0.15, 0.2) is 0 Å². The molecule has 0 aliphatic rings. The Bertz CT molecular complexity index is 651. The van der Waals surface area contributed by atoms with Gasteiger partial charge in [0.25, 0.3) is 0 Å². The van der Waals surface area contributed by atoms with Crippen LogP contribution in [0.4, 0.5) is 0 Å². The first-order valence-electron chi connectivity index (χ1n) is 20.1. The predicted octanol–water partition coefficient (Wildman–Crippen LogP) is 11.2. The molecule has 0 heterocycles. The highest BCUT2D eigenvalue weighted by atomic mass is 16.2. The van der Waals surface area contributed by atoms with Crippen molar-refractivity contribution in [3.63, 3.8) is 0 Å². The van der Waals surface area contributed by atoms with Gasteiger partial charge in [-0.05, 0) is 64.3 Å². The van der Waals surface area contributed by atoms with Crippen LogP contribution in [0.1, 0.15) is 213 Å². The summed E-state index contributed by atoms with van der Waals surface area (Å²) in [6, 6.07) is -0.432. The standard InChI is InChI=1S/C40H79N3O2/c1-3-5-7-9-11-13-15-17-19-20-22-24-26-28-30-35-39(44)43-38(34-31-32-36-41)40(45)42-37-33-29-27-25-23-21-18-16-14-12-10-8-6-4-2/h17,19,38H,3-16,18,20-37,41H2,1-2H3,(H,42,45)(H,43,44). The molecule has 0 aromatic rings. The largest absolute Gasteiger partial charge is 0.354 e. The van der Waals surface area contributed by atoms with Crippen molar-refractivity contribution in [1.82, 2.24) is 10.6 Å². The van der Waals surface area contributed by atoms with Crippen molar-refractivity contribution in [3.8, 4) is 0 Å². The molecule has 0 aromatic carbocycles. The van der Waals surface area contributed by atoms with Crippen LogP contribution in [0.15, 0.2) is 12.2 Å². The van der Waals surface area contributed by atoms with Gasteiger partial charge >= 0.3 is 0 Å². The Balaban J connectivity index is 3.85. The number of nitrogens with one attached hydrogen (secondary N) is 2. The fourth-order valence-electron chi connectivity index (χ4n) is 6.04. The Hall–Kier alpha value is -1.36. The summed E-state index contributed by atoms with van der Waals surface area (Å²) in [4.78, 5) is 25.5. The normalized spacial score (nSPS) is 12.2. The molecular weight excluding hydrogens is 554 g/mol. The van der Waals surface area contributed by atoms with Gasteiger partial charge in [0.1, 0.15) is 6.04 Å². The van der Waals surface area contributed by atoms with E-state index in [9.17, 15) is 9.59 Å². The van der Waals surface area contributed by atoms with E-state index in [1.165, 1.54) is 148 Å². The van der Waals surface area contributed by atoms with E-state index < -0.39 is 6.04 Å². The van der Waals surface area contributed by atoms with Gasteiger partial charge in [-0.3, -0.25) is 9.59 Å². The highest BCUT2D eigenvalue weighted by Crippen LogP contribution is 2.13. The van der Waals surface area contributed by atoms with Crippen molar-refractivity contribution < 1.29 is 9.59 Å². The highest BCUT2D eigenvalue weighted by molar-refractivity contribution is 5.87. The average molecular weight is 634 g/mol. The van der Waals surface area contributed by atoms with Crippen LogP contribution in [0.3, 0.4) is 0 Å². The summed E-state index contributed by atoms with van der Waals surface area (Å²) >= 11 is 0. The van der Waals surface area contributed by atoms with Crippen LogP contribution in [0, 0.1) is 0 Å². The lowest BCUT2D eigenvalue weighted by Crippen LogP contribution is -2.47. The zero-order chi connectivity index (χ0) is 32.9. The molecule has 0 aliphatic carbocycles. The molecule has 0 saturated carbocycles. The van der Waals surface area contributed by atoms with Gasteiger partial charge in [-0.15, -0.1) is 0 Å². The monoisotopic (exact) mass is 634 g/mol. The number of carbonyl (C=O) groups is 2. The van der Waals surface area contributed by atoms with Crippen LogP contribution in [0.5, 0.6) is 0 Å².